The Morgan fingerprint density at radius 3 is 2.88 bits per heavy atom. The Morgan fingerprint density at radius 1 is 1.47 bits per heavy atom. The van der Waals surface area contributed by atoms with E-state index in [4.69, 9.17) is 9.47 Å². The van der Waals surface area contributed by atoms with Gasteiger partial charge < -0.3 is 14.6 Å². The number of hydrogen-bond donors (Lipinski definition) is 1. The minimum absolute atomic E-state index is 0.0830. The molecule has 94 valence electrons. The highest BCUT2D eigenvalue weighted by Crippen LogP contribution is 2.41. The van der Waals surface area contributed by atoms with Gasteiger partial charge in [0.05, 0.1) is 20.3 Å². The summed E-state index contributed by atoms with van der Waals surface area (Å²) in [5.74, 6) is 1.80. The van der Waals surface area contributed by atoms with Crippen LogP contribution in [0.2, 0.25) is 0 Å². The third kappa shape index (κ3) is 2.55. The molecule has 1 aromatic carbocycles. The predicted octanol–water partition coefficient (Wildman–Crippen LogP) is 2.58. The zero-order valence-corrected chi connectivity index (χ0v) is 10.7. The summed E-state index contributed by atoms with van der Waals surface area (Å²) in [6.45, 7) is 5.16. The quantitative estimate of drug-likeness (QED) is 0.857. The molecular weight excluding hydrogens is 216 g/mol. The highest BCUT2D eigenvalue weighted by atomic mass is 16.5. The average Bonchev–Trinajstić information content (AvgIpc) is 2.45. The minimum Gasteiger partial charge on any atom is -0.497 e. The molecule has 0 bridgehead atoms. The molecule has 1 heterocycles. The lowest BCUT2D eigenvalue weighted by molar-refractivity contribution is 0.161. The van der Waals surface area contributed by atoms with E-state index in [1.54, 1.807) is 7.11 Å². The maximum absolute atomic E-state index is 9.56. The number of aliphatic hydroxyl groups is 1. The van der Waals surface area contributed by atoms with Gasteiger partial charge in [0.2, 0.25) is 0 Å². The first-order chi connectivity index (χ1) is 8.05. The molecule has 0 fully saturated rings. The van der Waals surface area contributed by atoms with Crippen molar-refractivity contribution in [3.63, 3.8) is 0 Å². The molecule has 1 atom stereocenters. The second kappa shape index (κ2) is 4.57. The van der Waals surface area contributed by atoms with Crippen molar-refractivity contribution in [3.05, 3.63) is 23.8 Å². The van der Waals surface area contributed by atoms with Crippen molar-refractivity contribution < 1.29 is 14.6 Å². The number of benzene rings is 1. The van der Waals surface area contributed by atoms with Crippen LogP contribution >= 0.6 is 0 Å². The zero-order valence-electron chi connectivity index (χ0n) is 10.7. The summed E-state index contributed by atoms with van der Waals surface area (Å²) >= 11 is 0. The average molecular weight is 236 g/mol. The fourth-order valence-electron chi connectivity index (χ4n) is 2.38. The van der Waals surface area contributed by atoms with E-state index in [1.165, 1.54) is 0 Å². The largest absolute Gasteiger partial charge is 0.497 e. The Balaban J connectivity index is 2.40. The molecule has 0 amide bonds. The molecule has 0 saturated carbocycles. The van der Waals surface area contributed by atoms with E-state index in [9.17, 15) is 5.11 Å². The van der Waals surface area contributed by atoms with E-state index >= 15 is 0 Å². The van der Waals surface area contributed by atoms with Gasteiger partial charge in [-0.05, 0) is 30.0 Å². The topological polar surface area (TPSA) is 38.7 Å². The van der Waals surface area contributed by atoms with Crippen molar-refractivity contribution in [1.82, 2.24) is 0 Å². The monoisotopic (exact) mass is 236 g/mol. The molecule has 0 aromatic heterocycles. The Bertz CT molecular complexity index is 398. The van der Waals surface area contributed by atoms with E-state index in [0.717, 1.165) is 23.5 Å². The number of ether oxygens (including phenoxy) is 2. The summed E-state index contributed by atoms with van der Waals surface area (Å²) in [6, 6.07) is 5.79. The van der Waals surface area contributed by atoms with Crippen molar-refractivity contribution in [2.24, 2.45) is 5.41 Å². The Morgan fingerprint density at radius 2 is 2.24 bits per heavy atom. The van der Waals surface area contributed by atoms with Crippen LogP contribution in [0, 0.1) is 5.41 Å². The van der Waals surface area contributed by atoms with Crippen LogP contribution in [0.15, 0.2) is 18.2 Å². The lowest BCUT2D eigenvalue weighted by Gasteiger charge is -2.24. The summed E-state index contributed by atoms with van der Waals surface area (Å²) < 4.78 is 11.1. The molecule has 0 aliphatic carbocycles. The summed E-state index contributed by atoms with van der Waals surface area (Å²) in [5, 5.41) is 9.56. The molecule has 2 rings (SSSR count). The lowest BCUT2D eigenvalue weighted by atomic mass is 9.81. The smallest absolute Gasteiger partial charge is 0.123 e. The van der Waals surface area contributed by atoms with Crippen molar-refractivity contribution in [2.45, 2.75) is 26.2 Å². The third-order valence-electron chi connectivity index (χ3n) is 3.29. The zero-order chi connectivity index (χ0) is 12.5. The van der Waals surface area contributed by atoms with E-state index in [-0.39, 0.29) is 17.9 Å². The van der Waals surface area contributed by atoms with Crippen molar-refractivity contribution >= 4 is 0 Å². The fourth-order valence-corrected chi connectivity index (χ4v) is 2.38. The molecule has 1 aliphatic heterocycles. The van der Waals surface area contributed by atoms with Gasteiger partial charge in [-0.3, -0.25) is 0 Å². The SMILES string of the molecule is COc1ccc2c(c1)C(CO)CC(C)(C)CO2. The minimum atomic E-state index is 0.0830. The Hall–Kier alpha value is -1.22. The van der Waals surface area contributed by atoms with Gasteiger partial charge in [0.25, 0.3) is 0 Å². The number of hydrogen-bond acceptors (Lipinski definition) is 3. The van der Waals surface area contributed by atoms with Gasteiger partial charge in [0.15, 0.2) is 0 Å². The first kappa shape index (κ1) is 12.2. The van der Waals surface area contributed by atoms with Crippen LogP contribution in [0.3, 0.4) is 0 Å². The van der Waals surface area contributed by atoms with Crippen LogP contribution in [0.4, 0.5) is 0 Å². The summed E-state index contributed by atoms with van der Waals surface area (Å²) in [7, 11) is 1.65. The Labute approximate surface area is 102 Å². The molecule has 1 unspecified atom stereocenters. The van der Waals surface area contributed by atoms with Crippen LogP contribution in [0.5, 0.6) is 11.5 Å². The number of aliphatic hydroxyl groups excluding tert-OH is 1. The highest BCUT2D eigenvalue weighted by Gasteiger charge is 2.30. The number of methoxy groups -OCH3 is 1. The molecule has 0 spiro atoms. The summed E-state index contributed by atoms with van der Waals surface area (Å²) in [6.07, 6.45) is 0.920. The molecule has 1 aromatic rings. The molecule has 3 nitrogen and oxygen atoms in total. The fraction of sp³-hybridized carbons (Fsp3) is 0.571. The standard InChI is InChI=1S/C14H20O3/c1-14(2)7-10(8-15)12-6-11(16-3)4-5-13(12)17-9-14/h4-6,10,15H,7-9H2,1-3H3. The van der Waals surface area contributed by atoms with E-state index in [0.29, 0.717) is 6.61 Å². The van der Waals surface area contributed by atoms with Gasteiger partial charge >= 0.3 is 0 Å². The second-order valence-corrected chi connectivity index (χ2v) is 5.44. The highest BCUT2D eigenvalue weighted by molar-refractivity contribution is 5.43. The molecule has 0 radical (unpaired) electrons. The van der Waals surface area contributed by atoms with Gasteiger partial charge in [-0.1, -0.05) is 13.8 Å². The van der Waals surface area contributed by atoms with Gasteiger partial charge in [-0.15, -0.1) is 0 Å². The van der Waals surface area contributed by atoms with Crippen molar-refractivity contribution in [2.75, 3.05) is 20.3 Å². The third-order valence-corrected chi connectivity index (χ3v) is 3.29. The maximum atomic E-state index is 9.56. The molecule has 1 aliphatic rings. The normalized spacial score (nSPS) is 22.2. The molecular formula is C14H20O3. The first-order valence-corrected chi connectivity index (χ1v) is 5.97. The van der Waals surface area contributed by atoms with Gasteiger partial charge in [0, 0.05) is 11.5 Å². The number of rotatable bonds is 2. The van der Waals surface area contributed by atoms with Crippen LogP contribution in [-0.4, -0.2) is 25.4 Å². The number of fused-ring (bicyclic) bond motifs is 1. The molecule has 17 heavy (non-hydrogen) atoms. The van der Waals surface area contributed by atoms with E-state index in [1.807, 2.05) is 18.2 Å². The Kier molecular flexibility index (Phi) is 3.29. The predicted molar refractivity (Wildman–Crippen MR) is 66.7 cm³/mol. The summed E-state index contributed by atoms with van der Waals surface area (Å²) in [4.78, 5) is 0. The van der Waals surface area contributed by atoms with Gasteiger partial charge in [0.1, 0.15) is 11.5 Å². The summed E-state index contributed by atoms with van der Waals surface area (Å²) in [5.41, 5.74) is 1.14. The maximum Gasteiger partial charge on any atom is 0.123 e. The molecule has 3 heteroatoms. The van der Waals surface area contributed by atoms with Crippen LogP contribution in [0.1, 0.15) is 31.7 Å². The van der Waals surface area contributed by atoms with Crippen LogP contribution < -0.4 is 9.47 Å². The van der Waals surface area contributed by atoms with Crippen molar-refractivity contribution in [1.29, 1.82) is 0 Å². The van der Waals surface area contributed by atoms with Gasteiger partial charge in [-0.25, -0.2) is 0 Å². The first-order valence-electron chi connectivity index (χ1n) is 5.97. The van der Waals surface area contributed by atoms with Gasteiger partial charge in [-0.2, -0.15) is 0 Å². The molecule has 0 saturated heterocycles. The van der Waals surface area contributed by atoms with Crippen LogP contribution in [-0.2, 0) is 0 Å². The van der Waals surface area contributed by atoms with E-state index in [2.05, 4.69) is 13.8 Å². The lowest BCUT2D eigenvalue weighted by Crippen LogP contribution is -2.22. The van der Waals surface area contributed by atoms with Crippen molar-refractivity contribution in [3.8, 4) is 11.5 Å². The van der Waals surface area contributed by atoms with E-state index < -0.39 is 0 Å². The van der Waals surface area contributed by atoms with Crippen LogP contribution in [0.25, 0.3) is 0 Å². The second-order valence-electron chi connectivity index (χ2n) is 5.44. The molecule has 1 N–H and O–H groups in total.